The van der Waals surface area contributed by atoms with Gasteiger partial charge in [0, 0.05) is 6.42 Å². The number of hydrogen-bond acceptors (Lipinski definition) is 2. The van der Waals surface area contributed by atoms with Gasteiger partial charge >= 0.3 is 0 Å². The van der Waals surface area contributed by atoms with Crippen LogP contribution in [-0.4, -0.2) is 30.8 Å². The van der Waals surface area contributed by atoms with Crippen LogP contribution in [-0.2, 0) is 4.79 Å². The van der Waals surface area contributed by atoms with Gasteiger partial charge < -0.3 is 15.2 Å². The van der Waals surface area contributed by atoms with E-state index >= 15 is 0 Å². The minimum absolute atomic E-state index is 0.0275. The molecule has 0 aromatic carbocycles. The van der Waals surface area contributed by atoms with Crippen molar-refractivity contribution >= 4 is 5.91 Å². The predicted octanol–water partition coefficient (Wildman–Crippen LogP) is 6.53. The maximum absolute atomic E-state index is 11.9. The molecule has 0 heterocycles. The summed E-state index contributed by atoms with van der Waals surface area (Å²) >= 11 is 0. The molecule has 27 heavy (non-hydrogen) atoms. The summed E-state index contributed by atoms with van der Waals surface area (Å²) in [7, 11) is 1.62. The molecule has 0 aromatic heterocycles. The highest BCUT2D eigenvalue weighted by Gasteiger charge is 2.10. The highest BCUT2D eigenvalue weighted by Crippen LogP contribution is 2.14. The SMILES string of the molecule is CCC[N+](C)([O-])CNC(=O)CCCCCCCCCCCCCCC(C)C. The van der Waals surface area contributed by atoms with E-state index in [4.69, 9.17) is 0 Å². The maximum atomic E-state index is 11.9. The molecule has 0 saturated heterocycles. The number of rotatable bonds is 19. The Morgan fingerprint density at radius 2 is 1.30 bits per heavy atom. The van der Waals surface area contributed by atoms with Gasteiger partial charge in [-0.3, -0.25) is 4.79 Å². The lowest BCUT2D eigenvalue weighted by molar-refractivity contribution is -0.862. The molecule has 1 unspecified atom stereocenters. The molecule has 0 aliphatic carbocycles. The quantitative estimate of drug-likeness (QED) is 0.119. The van der Waals surface area contributed by atoms with Crippen LogP contribution in [0.25, 0.3) is 0 Å². The van der Waals surface area contributed by atoms with Crippen molar-refractivity contribution in [1.82, 2.24) is 5.32 Å². The number of amides is 1. The van der Waals surface area contributed by atoms with Crippen LogP contribution >= 0.6 is 0 Å². The molecule has 1 N–H and O–H groups in total. The Hall–Kier alpha value is -0.610. The molecular weight excluding hydrogens is 336 g/mol. The van der Waals surface area contributed by atoms with E-state index in [2.05, 4.69) is 19.2 Å². The zero-order valence-electron chi connectivity index (χ0n) is 18.9. The second-order valence-electron chi connectivity index (χ2n) is 8.95. The van der Waals surface area contributed by atoms with Gasteiger partial charge in [0.1, 0.15) is 0 Å². The van der Waals surface area contributed by atoms with E-state index in [9.17, 15) is 10.0 Å². The molecule has 0 bridgehead atoms. The zero-order valence-corrected chi connectivity index (χ0v) is 18.9. The number of carbonyl (C=O) groups excluding carboxylic acids is 1. The minimum Gasteiger partial charge on any atom is -0.632 e. The first-order chi connectivity index (χ1) is 12.9. The predicted molar refractivity (Wildman–Crippen MR) is 117 cm³/mol. The molecule has 0 rings (SSSR count). The lowest BCUT2D eigenvalue weighted by Crippen LogP contribution is -2.47. The summed E-state index contributed by atoms with van der Waals surface area (Å²) in [6.45, 7) is 7.37. The zero-order chi connectivity index (χ0) is 20.4. The molecule has 0 spiro atoms. The molecule has 0 aromatic rings. The van der Waals surface area contributed by atoms with Crippen LogP contribution < -0.4 is 5.32 Å². The van der Waals surface area contributed by atoms with Gasteiger partial charge in [-0.1, -0.05) is 97.8 Å². The molecule has 162 valence electrons. The number of hydrogen-bond donors (Lipinski definition) is 1. The van der Waals surface area contributed by atoms with E-state index in [1.54, 1.807) is 7.05 Å². The monoisotopic (exact) mass is 384 g/mol. The van der Waals surface area contributed by atoms with Crippen LogP contribution in [0.4, 0.5) is 0 Å². The van der Waals surface area contributed by atoms with Crippen LogP contribution in [0.2, 0.25) is 0 Å². The molecule has 0 aliphatic heterocycles. The van der Waals surface area contributed by atoms with Crippen molar-refractivity contribution < 1.29 is 9.44 Å². The fourth-order valence-corrected chi connectivity index (χ4v) is 3.50. The highest BCUT2D eigenvalue weighted by atomic mass is 16.5. The Bertz CT molecular complexity index is 343. The third-order valence-corrected chi connectivity index (χ3v) is 5.24. The van der Waals surface area contributed by atoms with Crippen molar-refractivity contribution in [2.75, 3.05) is 20.3 Å². The third kappa shape index (κ3) is 19.9. The topological polar surface area (TPSA) is 52.2 Å². The molecule has 0 saturated carbocycles. The number of unbranched alkanes of at least 4 members (excludes halogenated alkanes) is 11. The standard InChI is InChI=1S/C23H48N2O2/c1-5-20-25(4,27)21-24-23(26)19-17-15-13-11-9-7-6-8-10-12-14-16-18-22(2)3/h22H,5-21H2,1-4H3,(H,24,26). The Balaban J connectivity index is 3.27. The largest absolute Gasteiger partial charge is 0.632 e. The summed E-state index contributed by atoms with van der Waals surface area (Å²) in [6.07, 6.45) is 18.5. The average Bonchev–Trinajstić information content (AvgIpc) is 2.60. The van der Waals surface area contributed by atoms with Crippen molar-refractivity contribution in [1.29, 1.82) is 0 Å². The van der Waals surface area contributed by atoms with Crippen LogP contribution in [0.5, 0.6) is 0 Å². The molecule has 4 nitrogen and oxygen atoms in total. The molecule has 1 atom stereocenters. The van der Waals surface area contributed by atoms with Gasteiger partial charge in [-0.2, -0.15) is 0 Å². The molecule has 0 radical (unpaired) electrons. The van der Waals surface area contributed by atoms with Crippen molar-refractivity contribution in [2.45, 2.75) is 117 Å². The first-order valence-electron chi connectivity index (χ1n) is 11.7. The Kier molecular flexibility index (Phi) is 17.1. The van der Waals surface area contributed by atoms with Crippen molar-refractivity contribution in [2.24, 2.45) is 5.92 Å². The van der Waals surface area contributed by atoms with E-state index in [1.807, 2.05) is 6.92 Å². The summed E-state index contributed by atoms with van der Waals surface area (Å²) in [5, 5.41) is 14.7. The number of nitrogens with one attached hydrogen (secondary N) is 1. The fraction of sp³-hybridized carbons (Fsp3) is 0.957. The smallest absolute Gasteiger partial charge is 0.224 e. The second kappa shape index (κ2) is 17.5. The molecule has 4 heteroatoms. The van der Waals surface area contributed by atoms with Gasteiger partial charge in [0.15, 0.2) is 6.67 Å². The number of carbonyl (C=O) groups is 1. The average molecular weight is 385 g/mol. The van der Waals surface area contributed by atoms with E-state index < -0.39 is 0 Å². The Labute approximate surface area is 169 Å². The van der Waals surface area contributed by atoms with Gasteiger partial charge in [-0.25, -0.2) is 0 Å². The third-order valence-electron chi connectivity index (χ3n) is 5.24. The summed E-state index contributed by atoms with van der Waals surface area (Å²) in [6, 6.07) is 0. The highest BCUT2D eigenvalue weighted by molar-refractivity contribution is 5.75. The number of quaternary nitrogens is 1. The van der Waals surface area contributed by atoms with Crippen LogP contribution in [0.15, 0.2) is 0 Å². The first kappa shape index (κ1) is 26.4. The van der Waals surface area contributed by atoms with Gasteiger partial charge in [0.2, 0.25) is 5.91 Å². The van der Waals surface area contributed by atoms with Gasteiger partial charge in [0.05, 0.1) is 13.6 Å². The van der Waals surface area contributed by atoms with Gasteiger partial charge in [-0.05, 0) is 18.8 Å². The summed E-state index contributed by atoms with van der Waals surface area (Å²) < 4.78 is -0.375. The van der Waals surface area contributed by atoms with E-state index in [0.29, 0.717) is 13.0 Å². The lowest BCUT2D eigenvalue weighted by Gasteiger charge is -2.38. The summed E-state index contributed by atoms with van der Waals surface area (Å²) in [5.74, 6) is 0.887. The number of hydroxylamine groups is 3. The number of nitrogens with zero attached hydrogens (tertiary/aromatic N) is 1. The van der Waals surface area contributed by atoms with Crippen molar-refractivity contribution in [3.05, 3.63) is 5.21 Å². The first-order valence-corrected chi connectivity index (χ1v) is 11.7. The maximum Gasteiger partial charge on any atom is 0.224 e. The lowest BCUT2D eigenvalue weighted by atomic mass is 10.0. The summed E-state index contributed by atoms with van der Waals surface area (Å²) in [4.78, 5) is 11.8. The van der Waals surface area contributed by atoms with Crippen LogP contribution in [0, 0.1) is 11.1 Å². The molecule has 0 fully saturated rings. The van der Waals surface area contributed by atoms with Crippen LogP contribution in [0.3, 0.4) is 0 Å². The van der Waals surface area contributed by atoms with Crippen LogP contribution in [0.1, 0.15) is 117 Å². The molecular formula is C23H48N2O2. The van der Waals surface area contributed by atoms with E-state index in [0.717, 1.165) is 25.2 Å². The van der Waals surface area contributed by atoms with Gasteiger partial charge in [-0.15, -0.1) is 0 Å². The van der Waals surface area contributed by atoms with E-state index in [1.165, 1.54) is 70.6 Å². The van der Waals surface area contributed by atoms with E-state index in [-0.39, 0.29) is 17.2 Å². The second-order valence-corrected chi connectivity index (χ2v) is 8.95. The Morgan fingerprint density at radius 3 is 1.74 bits per heavy atom. The Morgan fingerprint density at radius 1 is 0.852 bits per heavy atom. The van der Waals surface area contributed by atoms with Gasteiger partial charge in [0.25, 0.3) is 0 Å². The minimum atomic E-state index is -0.375. The molecule has 1 amide bonds. The fourth-order valence-electron chi connectivity index (χ4n) is 3.50. The molecule has 0 aliphatic rings. The van der Waals surface area contributed by atoms with Crippen molar-refractivity contribution in [3.8, 4) is 0 Å². The normalized spacial score (nSPS) is 13.7. The van der Waals surface area contributed by atoms with Crippen molar-refractivity contribution in [3.63, 3.8) is 0 Å². The summed E-state index contributed by atoms with van der Waals surface area (Å²) in [5.41, 5.74) is 0.